The fourth-order valence-electron chi connectivity index (χ4n) is 3.13. The van der Waals surface area contributed by atoms with E-state index in [9.17, 15) is 0 Å². The number of fused-ring (bicyclic) bond motifs is 3. The van der Waals surface area contributed by atoms with E-state index in [1.54, 1.807) is 0 Å². The van der Waals surface area contributed by atoms with Gasteiger partial charge in [0.05, 0.1) is 6.10 Å². The van der Waals surface area contributed by atoms with Gasteiger partial charge in [0.15, 0.2) is 6.29 Å². The van der Waals surface area contributed by atoms with Crippen LogP contribution in [0.15, 0.2) is 0 Å². The Hall–Kier alpha value is -0.0800. The van der Waals surface area contributed by atoms with Crippen molar-refractivity contribution < 1.29 is 9.47 Å². The third kappa shape index (κ3) is 0.882. The summed E-state index contributed by atoms with van der Waals surface area (Å²) in [6, 6.07) is 0. The van der Waals surface area contributed by atoms with Crippen molar-refractivity contribution >= 4 is 0 Å². The molecule has 0 bridgehead atoms. The maximum Gasteiger partial charge on any atom is 0.185 e. The van der Waals surface area contributed by atoms with Crippen LogP contribution in [-0.4, -0.2) is 18.5 Å². The minimum absolute atomic E-state index is 0.173. The molecular weight excluding hydrogens is 152 g/mol. The van der Waals surface area contributed by atoms with Gasteiger partial charge in [0.25, 0.3) is 0 Å². The quantitative estimate of drug-likeness (QED) is 0.514. The van der Waals surface area contributed by atoms with E-state index in [0.29, 0.717) is 12.2 Å². The number of ether oxygens (including phenoxy) is 2. The normalized spacial score (nSPS) is 62.5. The van der Waals surface area contributed by atoms with Gasteiger partial charge in [0, 0.05) is 0 Å². The molecular formula is C10H16O2. The van der Waals surface area contributed by atoms with Crippen LogP contribution in [0.4, 0.5) is 0 Å². The lowest BCUT2D eigenvalue weighted by Gasteiger charge is -2.28. The lowest BCUT2D eigenvalue weighted by Crippen LogP contribution is -2.34. The predicted octanol–water partition coefficient (Wildman–Crippen LogP) is 1.79. The summed E-state index contributed by atoms with van der Waals surface area (Å²) in [5, 5.41) is 0. The van der Waals surface area contributed by atoms with Gasteiger partial charge in [-0.15, -0.1) is 0 Å². The molecule has 0 amide bonds. The highest BCUT2D eigenvalue weighted by Crippen LogP contribution is 2.51. The Bertz CT molecular complexity index is 198. The lowest BCUT2D eigenvalue weighted by atomic mass is 9.87. The van der Waals surface area contributed by atoms with Crippen LogP contribution in [0.5, 0.6) is 0 Å². The maximum atomic E-state index is 5.70. The Kier molecular flexibility index (Phi) is 1.37. The van der Waals surface area contributed by atoms with Crippen molar-refractivity contribution in [2.75, 3.05) is 0 Å². The van der Waals surface area contributed by atoms with Crippen molar-refractivity contribution in [1.29, 1.82) is 0 Å². The molecule has 6 unspecified atom stereocenters. The first kappa shape index (κ1) is 7.34. The standard InChI is InChI=1S/C10H16O2/c1-5-3-7-6(2)11-10-9(12-10)8(7)4-5/h5-10H,3-4H2,1-2H3. The van der Waals surface area contributed by atoms with Crippen molar-refractivity contribution in [1.82, 2.24) is 0 Å². The van der Waals surface area contributed by atoms with Crippen LogP contribution in [0.1, 0.15) is 26.7 Å². The monoisotopic (exact) mass is 168 g/mol. The average Bonchev–Trinajstić information content (AvgIpc) is 2.65. The third-order valence-electron chi connectivity index (χ3n) is 3.76. The number of hydrogen-bond acceptors (Lipinski definition) is 2. The minimum Gasteiger partial charge on any atom is -0.347 e. The van der Waals surface area contributed by atoms with E-state index in [-0.39, 0.29) is 6.29 Å². The Morgan fingerprint density at radius 1 is 1.00 bits per heavy atom. The van der Waals surface area contributed by atoms with Crippen LogP contribution in [0.25, 0.3) is 0 Å². The molecule has 0 N–H and O–H groups in total. The predicted molar refractivity (Wildman–Crippen MR) is 44.6 cm³/mol. The topological polar surface area (TPSA) is 21.8 Å². The number of hydrogen-bond donors (Lipinski definition) is 0. The van der Waals surface area contributed by atoms with E-state index in [1.807, 2.05) is 0 Å². The summed E-state index contributed by atoms with van der Waals surface area (Å²) in [7, 11) is 0. The summed E-state index contributed by atoms with van der Waals surface area (Å²) >= 11 is 0. The second kappa shape index (κ2) is 2.24. The second-order valence-corrected chi connectivity index (χ2v) is 4.71. The highest BCUT2D eigenvalue weighted by molar-refractivity contribution is 4.99. The van der Waals surface area contributed by atoms with E-state index < -0.39 is 0 Å². The molecule has 2 heteroatoms. The first-order valence-electron chi connectivity index (χ1n) is 5.06. The minimum atomic E-state index is 0.173. The Labute approximate surface area is 73.2 Å². The Balaban J connectivity index is 1.83. The molecule has 2 saturated heterocycles. The van der Waals surface area contributed by atoms with Gasteiger partial charge < -0.3 is 9.47 Å². The van der Waals surface area contributed by atoms with Crippen LogP contribution < -0.4 is 0 Å². The summed E-state index contributed by atoms with van der Waals surface area (Å²) in [6.45, 7) is 4.55. The van der Waals surface area contributed by atoms with Gasteiger partial charge in [0.1, 0.15) is 6.10 Å². The van der Waals surface area contributed by atoms with Crippen LogP contribution >= 0.6 is 0 Å². The van der Waals surface area contributed by atoms with Gasteiger partial charge in [-0.3, -0.25) is 0 Å². The molecule has 3 fully saturated rings. The molecule has 6 atom stereocenters. The summed E-state index contributed by atoms with van der Waals surface area (Å²) in [5.74, 6) is 2.48. The average molecular weight is 168 g/mol. The van der Waals surface area contributed by atoms with Crippen LogP contribution in [-0.2, 0) is 9.47 Å². The Morgan fingerprint density at radius 3 is 2.58 bits per heavy atom. The van der Waals surface area contributed by atoms with Gasteiger partial charge >= 0.3 is 0 Å². The molecule has 1 saturated carbocycles. The largest absolute Gasteiger partial charge is 0.347 e. The zero-order valence-electron chi connectivity index (χ0n) is 7.69. The molecule has 2 nitrogen and oxygen atoms in total. The highest BCUT2D eigenvalue weighted by atomic mass is 16.8. The summed E-state index contributed by atoms with van der Waals surface area (Å²) < 4.78 is 11.2. The maximum absolute atomic E-state index is 5.70. The highest BCUT2D eigenvalue weighted by Gasteiger charge is 2.57. The van der Waals surface area contributed by atoms with E-state index in [0.717, 1.165) is 17.8 Å². The van der Waals surface area contributed by atoms with Crippen LogP contribution in [0.2, 0.25) is 0 Å². The fourth-order valence-corrected chi connectivity index (χ4v) is 3.13. The smallest absolute Gasteiger partial charge is 0.185 e. The molecule has 1 aliphatic carbocycles. The van der Waals surface area contributed by atoms with Gasteiger partial charge in [-0.2, -0.15) is 0 Å². The van der Waals surface area contributed by atoms with Gasteiger partial charge in [-0.25, -0.2) is 0 Å². The lowest BCUT2D eigenvalue weighted by molar-refractivity contribution is -0.0499. The summed E-state index contributed by atoms with van der Waals surface area (Å²) in [4.78, 5) is 0. The summed E-state index contributed by atoms with van der Waals surface area (Å²) in [5.41, 5.74) is 0. The number of epoxide rings is 1. The Morgan fingerprint density at radius 2 is 1.75 bits per heavy atom. The van der Waals surface area contributed by atoms with Crippen LogP contribution in [0.3, 0.4) is 0 Å². The van der Waals surface area contributed by atoms with Crippen molar-refractivity contribution in [2.45, 2.75) is 45.2 Å². The molecule has 3 rings (SSSR count). The molecule has 12 heavy (non-hydrogen) atoms. The van der Waals surface area contributed by atoms with Crippen molar-refractivity contribution in [3.05, 3.63) is 0 Å². The molecule has 68 valence electrons. The second-order valence-electron chi connectivity index (χ2n) is 4.71. The first-order valence-corrected chi connectivity index (χ1v) is 5.06. The SMILES string of the molecule is CC1CC2C(C)OC3OC3C2C1. The molecule has 0 spiro atoms. The first-order chi connectivity index (χ1) is 5.75. The molecule has 2 heterocycles. The molecule has 0 aromatic heterocycles. The van der Waals surface area contributed by atoms with Gasteiger partial charge in [0.2, 0.25) is 0 Å². The van der Waals surface area contributed by atoms with Crippen molar-refractivity contribution in [3.63, 3.8) is 0 Å². The van der Waals surface area contributed by atoms with Crippen molar-refractivity contribution in [3.8, 4) is 0 Å². The fraction of sp³-hybridized carbons (Fsp3) is 1.00. The van der Waals surface area contributed by atoms with E-state index in [4.69, 9.17) is 9.47 Å². The van der Waals surface area contributed by atoms with Gasteiger partial charge in [-0.05, 0) is 37.5 Å². The van der Waals surface area contributed by atoms with E-state index in [2.05, 4.69) is 13.8 Å². The summed E-state index contributed by atoms with van der Waals surface area (Å²) in [6.07, 6.45) is 3.78. The van der Waals surface area contributed by atoms with Crippen LogP contribution in [0, 0.1) is 17.8 Å². The van der Waals surface area contributed by atoms with E-state index >= 15 is 0 Å². The molecule has 3 aliphatic rings. The molecule has 0 aromatic rings. The van der Waals surface area contributed by atoms with Crippen molar-refractivity contribution in [2.24, 2.45) is 17.8 Å². The molecule has 2 aliphatic heterocycles. The zero-order chi connectivity index (χ0) is 8.29. The third-order valence-corrected chi connectivity index (χ3v) is 3.76. The van der Waals surface area contributed by atoms with Gasteiger partial charge in [-0.1, -0.05) is 6.92 Å². The molecule has 0 aromatic carbocycles. The zero-order valence-corrected chi connectivity index (χ0v) is 7.69. The van der Waals surface area contributed by atoms with E-state index in [1.165, 1.54) is 12.8 Å². The number of rotatable bonds is 0. The molecule has 0 radical (unpaired) electrons.